The fourth-order valence-electron chi connectivity index (χ4n) is 13.5. The van der Waals surface area contributed by atoms with E-state index in [1.54, 1.807) is 0 Å². The summed E-state index contributed by atoms with van der Waals surface area (Å²) in [7, 11) is 0. The van der Waals surface area contributed by atoms with Crippen LogP contribution in [0.5, 0.6) is 0 Å². The predicted molar refractivity (Wildman–Crippen MR) is 380 cm³/mol. The van der Waals surface area contributed by atoms with E-state index in [4.69, 9.17) is 29.9 Å². The molecule has 12 aromatic carbocycles. The lowest BCUT2D eigenvalue weighted by Crippen LogP contribution is -2.07. The molecule has 9 nitrogen and oxygen atoms in total. The number of aromatic nitrogens is 9. The molecule has 434 valence electrons. The van der Waals surface area contributed by atoms with Crippen LogP contribution in [0.4, 0.5) is 0 Å². The van der Waals surface area contributed by atoms with Crippen molar-refractivity contribution < 1.29 is 0 Å². The third kappa shape index (κ3) is 9.33. The van der Waals surface area contributed by atoms with Crippen molar-refractivity contribution in [1.82, 2.24) is 43.6 Å². The highest BCUT2D eigenvalue weighted by atomic mass is 15.2. The molecule has 0 amide bonds. The molecule has 0 spiro atoms. The lowest BCUT2D eigenvalue weighted by atomic mass is 9.98. The number of fused-ring (bicyclic) bond motifs is 9. The summed E-state index contributed by atoms with van der Waals surface area (Å²) in [4.78, 5) is 32.7. The average molecular weight is 1190 g/mol. The summed E-state index contributed by atoms with van der Waals surface area (Å²) < 4.78 is 6.92. The second kappa shape index (κ2) is 22.1. The first-order chi connectivity index (χ1) is 46.1. The number of nitrogens with zero attached hydrogens (tertiary/aromatic N) is 9. The Bertz CT molecular complexity index is 5430. The zero-order chi connectivity index (χ0) is 61.3. The minimum atomic E-state index is 0.415. The number of para-hydroxylation sites is 4. The van der Waals surface area contributed by atoms with E-state index in [1.165, 1.54) is 21.5 Å². The molecular weight excluding hydrogens is 1130 g/mol. The fourth-order valence-corrected chi connectivity index (χ4v) is 13.5. The van der Waals surface area contributed by atoms with Crippen molar-refractivity contribution >= 4 is 65.4 Å². The molecule has 0 unspecified atom stereocenters. The number of rotatable bonds is 11. The van der Waals surface area contributed by atoms with Gasteiger partial charge in [-0.05, 0) is 125 Å². The summed E-state index contributed by atoms with van der Waals surface area (Å²) in [6.45, 7) is 0. The van der Waals surface area contributed by atoms with E-state index < -0.39 is 0 Å². The zero-order valence-electron chi connectivity index (χ0n) is 50.1. The smallest absolute Gasteiger partial charge is 0.236 e. The molecule has 0 atom stereocenters. The highest BCUT2D eigenvalue weighted by Gasteiger charge is 2.24. The Balaban J connectivity index is 0.890. The lowest BCUT2D eigenvalue weighted by Gasteiger charge is -2.14. The Labute approximate surface area is 535 Å². The summed E-state index contributed by atoms with van der Waals surface area (Å²) in [5, 5.41) is 6.83. The van der Waals surface area contributed by atoms with Crippen molar-refractivity contribution in [1.29, 1.82) is 0 Å². The number of hydrogen-bond donors (Lipinski definition) is 0. The van der Waals surface area contributed by atoms with Crippen molar-refractivity contribution in [2.45, 2.75) is 0 Å². The molecule has 0 bridgehead atoms. The molecule has 0 aliphatic rings. The maximum atomic E-state index is 5.61. The van der Waals surface area contributed by atoms with Gasteiger partial charge < -0.3 is 9.13 Å². The molecular formula is C84H53N9. The number of hydrogen-bond acceptors (Lipinski definition) is 6. The Morgan fingerprint density at radius 1 is 0.172 bits per heavy atom. The van der Waals surface area contributed by atoms with E-state index in [2.05, 4.69) is 256 Å². The van der Waals surface area contributed by atoms with Gasteiger partial charge in [0.05, 0.1) is 55.9 Å². The molecule has 0 saturated heterocycles. The zero-order valence-corrected chi connectivity index (χ0v) is 50.1. The SMILES string of the molecule is c1ccc(-c2cc(-c3ccccc3)nc(-c3cc(-c4nc(-c5ccccc5)cc(-c5ccccc5)n4)nc(-n4c5ccc(-c6ccc7c(c6)c6ccccc6n7-c6ccccc6)cc5c5cc(-c6ccc7c(c6)c6ccccc6n7-c6ccccc6)ccc54)n3)n2)cc1. The summed E-state index contributed by atoms with van der Waals surface area (Å²) in [6, 6.07) is 113. The van der Waals surface area contributed by atoms with Crippen LogP contribution in [0.3, 0.4) is 0 Å². The third-order valence-corrected chi connectivity index (χ3v) is 17.9. The molecule has 0 aliphatic carbocycles. The van der Waals surface area contributed by atoms with Gasteiger partial charge in [-0.25, -0.2) is 29.9 Å². The molecule has 6 aromatic heterocycles. The van der Waals surface area contributed by atoms with E-state index in [0.717, 1.165) is 123 Å². The Morgan fingerprint density at radius 3 is 0.763 bits per heavy atom. The van der Waals surface area contributed by atoms with Gasteiger partial charge in [-0.2, -0.15) is 0 Å². The van der Waals surface area contributed by atoms with Crippen LogP contribution >= 0.6 is 0 Å². The van der Waals surface area contributed by atoms with Crippen LogP contribution in [0, 0.1) is 0 Å². The summed E-state index contributed by atoms with van der Waals surface area (Å²) in [6.07, 6.45) is 0. The Hall–Kier alpha value is -12.7. The highest BCUT2D eigenvalue weighted by Crippen LogP contribution is 2.42. The van der Waals surface area contributed by atoms with Crippen LogP contribution < -0.4 is 0 Å². The van der Waals surface area contributed by atoms with E-state index in [-0.39, 0.29) is 0 Å². The molecule has 6 heterocycles. The van der Waals surface area contributed by atoms with E-state index >= 15 is 0 Å². The topological polar surface area (TPSA) is 92.1 Å². The standard InChI is InChI=1S/C84H53N9/c1-7-23-54(24-8-1)70-51-71(55-25-9-2-10-26-55)86-82(85-70)74-53-75(83-87-72(56-27-11-3-12-28-56)52-73(88-83)57-29-13-4-14-30-57)90-84(89-74)93-80-45-41-60(58-39-43-78-66(47-58)64-35-19-21-37-76(64)91(78)62-31-15-5-16-32-62)49-68(80)69-50-61(42-46-81(69)93)59-40-44-79-67(48-59)65-36-20-22-38-77(65)92(79)63-33-17-6-18-34-63/h1-53H. The van der Waals surface area contributed by atoms with Crippen molar-refractivity contribution in [2.75, 3.05) is 0 Å². The molecule has 18 rings (SSSR count). The van der Waals surface area contributed by atoms with Crippen LogP contribution in [0.2, 0.25) is 0 Å². The molecule has 0 saturated carbocycles. The second-order valence-electron chi connectivity index (χ2n) is 23.5. The first kappa shape index (κ1) is 53.3. The maximum absolute atomic E-state index is 5.61. The Morgan fingerprint density at radius 2 is 0.430 bits per heavy atom. The highest BCUT2D eigenvalue weighted by molar-refractivity contribution is 6.14. The van der Waals surface area contributed by atoms with Crippen molar-refractivity contribution in [3.8, 4) is 108 Å². The normalized spacial score (nSPS) is 11.7. The molecule has 9 heteroatoms. The van der Waals surface area contributed by atoms with Crippen molar-refractivity contribution in [3.05, 3.63) is 322 Å². The van der Waals surface area contributed by atoms with E-state index in [1.807, 2.05) is 78.9 Å². The van der Waals surface area contributed by atoms with Gasteiger partial charge in [-0.3, -0.25) is 4.57 Å². The van der Waals surface area contributed by atoms with Crippen LogP contribution in [-0.4, -0.2) is 43.6 Å². The summed E-state index contributed by atoms with van der Waals surface area (Å²) >= 11 is 0. The van der Waals surface area contributed by atoms with Crippen LogP contribution in [0.15, 0.2) is 322 Å². The number of benzene rings is 12. The van der Waals surface area contributed by atoms with Gasteiger partial charge in [-0.1, -0.05) is 218 Å². The van der Waals surface area contributed by atoms with Crippen molar-refractivity contribution in [3.63, 3.8) is 0 Å². The largest absolute Gasteiger partial charge is 0.309 e. The quantitative estimate of drug-likeness (QED) is 0.128. The minimum Gasteiger partial charge on any atom is -0.309 e. The monoisotopic (exact) mass is 1190 g/mol. The second-order valence-corrected chi connectivity index (χ2v) is 23.5. The van der Waals surface area contributed by atoms with Crippen LogP contribution in [0.25, 0.3) is 173 Å². The molecule has 0 aliphatic heterocycles. The van der Waals surface area contributed by atoms with Crippen LogP contribution in [0.1, 0.15) is 0 Å². The maximum Gasteiger partial charge on any atom is 0.236 e. The first-order valence-electron chi connectivity index (χ1n) is 31.2. The van der Waals surface area contributed by atoms with E-state index in [9.17, 15) is 0 Å². The van der Waals surface area contributed by atoms with Gasteiger partial charge in [0.25, 0.3) is 0 Å². The Kier molecular flexibility index (Phi) is 12.7. The van der Waals surface area contributed by atoms with Gasteiger partial charge in [0.1, 0.15) is 11.4 Å². The predicted octanol–water partition coefficient (Wildman–Crippen LogP) is 20.7. The summed E-state index contributed by atoms with van der Waals surface area (Å²) in [5.74, 6) is 1.28. The third-order valence-electron chi connectivity index (χ3n) is 17.9. The summed E-state index contributed by atoms with van der Waals surface area (Å²) in [5.41, 5.74) is 20.9. The van der Waals surface area contributed by atoms with Gasteiger partial charge in [0, 0.05) is 65.9 Å². The molecule has 0 N–H and O–H groups in total. The van der Waals surface area contributed by atoms with Gasteiger partial charge in [0.2, 0.25) is 5.95 Å². The average Bonchev–Trinajstić information content (AvgIpc) is 1.62. The van der Waals surface area contributed by atoms with Crippen LogP contribution in [-0.2, 0) is 0 Å². The lowest BCUT2D eigenvalue weighted by molar-refractivity contribution is 0.977. The first-order valence-corrected chi connectivity index (χ1v) is 31.2. The molecule has 93 heavy (non-hydrogen) atoms. The van der Waals surface area contributed by atoms with E-state index in [0.29, 0.717) is 29.0 Å². The van der Waals surface area contributed by atoms with Gasteiger partial charge in [-0.15, -0.1) is 0 Å². The van der Waals surface area contributed by atoms with Crippen molar-refractivity contribution in [2.24, 2.45) is 0 Å². The molecule has 18 aromatic rings. The minimum absolute atomic E-state index is 0.415. The molecule has 0 fully saturated rings. The van der Waals surface area contributed by atoms with Gasteiger partial charge in [0.15, 0.2) is 11.6 Å². The van der Waals surface area contributed by atoms with Gasteiger partial charge >= 0.3 is 0 Å². The fraction of sp³-hybridized carbons (Fsp3) is 0. The molecule has 0 radical (unpaired) electrons.